The van der Waals surface area contributed by atoms with Crippen molar-refractivity contribution in [2.45, 2.75) is 13.0 Å². The zero-order valence-electron chi connectivity index (χ0n) is 10.1. The second kappa shape index (κ2) is 5.76. The highest BCUT2D eigenvalue weighted by atomic mass is 35.5. The Bertz CT molecular complexity index is 602. The highest BCUT2D eigenvalue weighted by Gasteiger charge is 2.13. The summed E-state index contributed by atoms with van der Waals surface area (Å²) in [6.45, 7) is 1.72. The standard InChI is InChI=1S/C14H11Cl2F2N/c1-8(11-7-10(17)3-5-13(11)18)19-14-6-9(15)2-4-12(14)16/h2-8,19H,1H3. The molecular weight excluding hydrogens is 291 g/mol. The Morgan fingerprint density at radius 2 is 1.79 bits per heavy atom. The molecule has 1 N–H and O–H groups in total. The molecule has 0 saturated heterocycles. The zero-order chi connectivity index (χ0) is 14.0. The molecule has 1 unspecified atom stereocenters. The van der Waals surface area contributed by atoms with Crippen molar-refractivity contribution in [3.8, 4) is 0 Å². The summed E-state index contributed by atoms with van der Waals surface area (Å²) in [6, 6.07) is 7.83. The van der Waals surface area contributed by atoms with Crippen LogP contribution >= 0.6 is 23.2 Å². The van der Waals surface area contributed by atoms with E-state index in [-0.39, 0.29) is 5.56 Å². The van der Waals surface area contributed by atoms with E-state index in [0.29, 0.717) is 15.7 Å². The van der Waals surface area contributed by atoms with Crippen molar-refractivity contribution in [2.75, 3.05) is 5.32 Å². The van der Waals surface area contributed by atoms with Gasteiger partial charge in [-0.15, -0.1) is 0 Å². The van der Waals surface area contributed by atoms with E-state index in [9.17, 15) is 8.78 Å². The summed E-state index contributed by atoms with van der Waals surface area (Å²) in [5, 5.41) is 3.99. The maximum Gasteiger partial charge on any atom is 0.128 e. The lowest BCUT2D eigenvalue weighted by Gasteiger charge is -2.17. The molecule has 0 radical (unpaired) electrons. The average Bonchev–Trinajstić information content (AvgIpc) is 2.36. The van der Waals surface area contributed by atoms with E-state index < -0.39 is 17.7 Å². The first-order valence-electron chi connectivity index (χ1n) is 5.64. The molecule has 0 aromatic heterocycles. The lowest BCUT2D eigenvalue weighted by atomic mass is 10.1. The van der Waals surface area contributed by atoms with Gasteiger partial charge in [-0.25, -0.2) is 8.78 Å². The van der Waals surface area contributed by atoms with E-state index in [1.165, 1.54) is 0 Å². The van der Waals surface area contributed by atoms with Crippen LogP contribution in [-0.4, -0.2) is 0 Å². The number of benzene rings is 2. The minimum atomic E-state index is -0.484. The fraction of sp³-hybridized carbons (Fsp3) is 0.143. The van der Waals surface area contributed by atoms with E-state index in [4.69, 9.17) is 23.2 Å². The summed E-state index contributed by atoms with van der Waals surface area (Å²) in [4.78, 5) is 0. The van der Waals surface area contributed by atoms with Crippen LogP contribution in [-0.2, 0) is 0 Å². The highest BCUT2D eigenvalue weighted by Crippen LogP contribution is 2.29. The summed E-state index contributed by atoms with van der Waals surface area (Å²) in [6.07, 6.45) is 0. The molecule has 0 fully saturated rings. The van der Waals surface area contributed by atoms with Crippen LogP contribution in [0.5, 0.6) is 0 Å². The molecule has 0 aliphatic carbocycles. The van der Waals surface area contributed by atoms with Crippen LogP contribution in [0.3, 0.4) is 0 Å². The molecule has 0 aliphatic heterocycles. The van der Waals surface area contributed by atoms with Gasteiger partial charge in [-0.3, -0.25) is 0 Å². The Morgan fingerprint density at radius 1 is 1.05 bits per heavy atom. The third kappa shape index (κ3) is 3.37. The number of rotatable bonds is 3. The summed E-state index contributed by atoms with van der Waals surface area (Å²) in [5.41, 5.74) is 0.807. The Balaban J connectivity index is 2.27. The molecule has 0 heterocycles. The first-order valence-corrected chi connectivity index (χ1v) is 6.39. The fourth-order valence-electron chi connectivity index (χ4n) is 1.77. The van der Waals surface area contributed by atoms with E-state index in [2.05, 4.69) is 5.32 Å². The van der Waals surface area contributed by atoms with Crippen molar-refractivity contribution in [1.29, 1.82) is 0 Å². The zero-order valence-corrected chi connectivity index (χ0v) is 11.6. The van der Waals surface area contributed by atoms with Crippen molar-refractivity contribution in [2.24, 2.45) is 0 Å². The van der Waals surface area contributed by atoms with Crippen LogP contribution in [0.1, 0.15) is 18.5 Å². The van der Waals surface area contributed by atoms with E-state index >= 15 is 0 Å². The van der Waals surface area contributed by atoms with Crippen molar-refractivity contribution >= 4 is 28.9 Å². The van der Waals surface area contributed by atoms with Gasteiger partial charge >= 0.3 is 0 Å². The van der Waals surface area contributed by atoms with Gasteiger partial charge in [0.1, 0.15) is 11.6 Å². The Hall–Kier alpha value is -1.32. The lowest BCUT2D eigenvalue weighted by molar-refractivity contribution is 0.577. The molecule has 5 heteroatoms. The smallest absolute Gasteiger partial charge is 0.128 e. The van der Waals surface area contributed by atoms with Crippen molar-refractivity contribution in [3.05, 3.63) is 63.6 Å². The molecule has 2 rings (SSSR count). The summed E-state index contributed by atoms with van der Waals surface area (Å²) >= 11 is 11.9. The topological polar surface area (TPSA) is 12.0 Å². The van der Waals surface area contributed by atoms with Gasteiger partial charge in [-0.1, -0.05) is 23.2 Å². The molecule has 0 saturated carbocycles. The molecule has 1 nitrogen and oxygen atoms in total. The van der Waals surface area contributed by atoms with E-state index in [1.807, 2.05) is 0 Å². The first-order chi connectivity index (χ1) is 8.97. The quantitative estimate of drug-likeness (QED) is 0.795. The van der Waals surface area contributed by atoms with Crippen LogP contribution in [0.2, 0.25) is 10.0 Å². The first kappa shape index (κ1) is 14.1. The molecule has 100 valence electrons. The largest absolute Gasteiger partial charge is 0.377 e. The molecular formula is C14H11Cl2F2N. The van der Waals surface area contributed by atoms with Crippen LogP contribution < -0.4 is 5.32 Å². The summed E-state index contributed by atoms with van der Waals surface area (Å²) in [5.74, 6) is -0.957. The van der Waals surface area contributed by atoms with Crippen molar-refractivity contribution < 1.29 is 8.78 Å². The van der Waals surface area contributed by atoms with Gasteiger partial charge in [0.15, 0.2) is 0 Å². The van der Waals surface area contributed by atoms with Gasteiger partial charge in [-0.05, 0) is 43.3 Å². The number of hydrogen-bond acceptors (Lipinski definition) is 1. The predicted molar refractivity (Wildman–Crippen MR) is 74.9 cm³/mol. The minimum Gasteiger partial charge on any atom is -0.377 e. The highest BCUT2D eigenvalue weighted by molar-refractivity contribution is 6.35. The SMILES string of the molecule is CC(Nc1cc(Cl)ccc1Cl)c1cc(F)ccc1F. The van der Waals surface area contributed by atoms with E-state index in [1.54, 1.807) is 25.1 Å². The Kier molecular flexibility index (Phi) is 4.27. The maximum absolute atomic E-state index is 13.6. The Labute approximate surface area is 120 Å². The number of hydrogen-bond donors (Lipinski definition) is 1. The normalized spacial score (nSPS) is 12.3. The van der Waals surface area contributed by atoms with Gasteiger partial charge in [0.25, 0.3) is 0 Å². The van der Waals surface area contributed by atoms with Crippen LogP contribution in [0, 0.1) is 11.6 Å². The molecule has 2 aromatic rings. The molecule has 0 aliphatic rings. The monoisotopic (exact) mass is 301 g/mol. The average molecular weight is 302 g/mol. The number of anilines is 1. The summed E-state index contributed by atoms with van der Waals surface area (Å²) in [7, 11) is 0. The molecule has 2 aromatic carbocycles. The van der Waals surface area contributed by atoms with Crippen molar-refractivity contribution in [3.63, 3.8) is 0 Å². The second-order valence-electron chi connectivity index (χ2n) is 4.16. The third-order valence-corrected chi connectivity index (χ3v) is 3.29. The van der Waals surface area contributed by atoms with Gasteiger partial charge in [-0.2, -0.15) is 0 Å². The third-order valence-electron chi connectivity index (χ3n) is 2.72. The van der Waals surface area contributed by atoms with Gasteiger partial charge < -0.3 is 5.32 Å². The van der Waals surface area contributed by atoms with E-state index in [0.717, 1.165) is 18.2 Å². The minimum absolute atomic E-state index is 0.232. The molecule has 0 bridgehead atoms. The summed E-state index contributed by atoms with van der Waals surface area (Å²) < 4.78 is 26.8. The van der Waals surface area contributed by atoms with Crippen molar-refractivity contribution in [1.82, 2.24) is 0 Å². The molecule has 1 atom stereocenters. The maximum atomic E-state index is 13.6. The molecule has 19 heavy (non-hydrogen) atoms. The molecule has 0 spiro atoms. The number of nitrogens with one attached hydrogen (secondary N) is 1. The Morgan fingerprint density at radius 3 is 2.53 bits per heavy atom. The van der Waals surface area contributed by atoms with Gasteiger partial charge in [0.05, 0.1) is 16.8 Å². The lowest BCUT2D eigenvalue weighted by Crippen LogP contribution is -2.09. The van der Waals surface area contributed by atoms with Crippen LogP contribution in [0.25, 0.3) is 0 Å². The molecule has 0 amide bonds. The predicted octanol–water partition coefficient (Wildman–Crippen LogP) is 5.44. The van der Waals surface area contributed by atoms with Crippen LogP contribution in [0.4, 0.5) is 14.5 Å². The second-order valence-corrected chi connectivity index (χ2v) is 5.00. The number of halogens is 4. The fourth-order valence-corrected chi connectivity index (χ4v) is 2.11. The van der Waals surface area contributed by atoms with Crippen LogP contribution in [0.15, 0.2) is 36.4 Å². The van der Waals surface area contributed by atoms with Gasteiger partial charge in [0.2, 0.25) is 0 Å². The van der Waals surface area contributed by atoms with Gasteiger partial charge in [0, 0.05) is 10.6 Å².